The SMILES string of the molecule is COCC(O)CN(C)CCC(=O)Nc1ccc(Br)cc1. The Labute approximate surface area is 128 Å². The fraction of sp³-hybridized carbons (Fsp3) is 0.500. The molecular weight excluding hydrogens is 324 g/mol. The number of hydrogen-bond donors (Lipinski definition) is 2. The Morgan fingerprint density at radius 3 is 2.70 bits per heavy atom. The number of aliphatic hydroxyl groups excluding tert-OH is 1. The van der Waals surface area contributed by atoms with Gasteiger partial charge in [-0.2, -0.15) is 0 Å². The van der Waals surface area contributed by atoms with Gasteiger partial charge in [0, 0.05) is 36.8 Å². The van der Waals surface area contributed by atoms with E-state index in [0.717, 1.165) is 10.2 Å². The Morgan fingerprint density at radius 2 is 2.10 bits per heavy atom. The number of anilines is 1. The van der Waals surface area contributed by atoms with Crippen molar-refractivity contribution in [3.8, 4) is 0 Å². The van der Waals surface area contributed by atoms with Gasteiger partial charge in [0.1, 0.15) is 0 Å². The third-order valence-corrected chi connectivity index (χ3v) is 3.26. The minimum absolute atomic E-state index is 0.0413. The van der Waals surface area contributed by atoms with Crippen molar-refractivity contribution in [3.05, 3.63) is 28.7 Å². The Morgan fingerprint density at radius 1 is 1.45 bits per heavy atom. The molecule has 0 aliphatic rings. The van der Waals surface area contributed by atoms with Gasteiger partial charge in [0.2, 0.25) is 5.91 Å². The number of ether oxygens (including phenoxy) is 1. The van der Waals surface area contributed by atoms with E-state index in [1.54, 1.807) is 7.11 Å². The molecule has 20 heavy (non-hydrogen) atoms. The second kappa shape index (κ2) is 9.07. The molecule has 1 aromatic rings. The number of nitrogens with one attached hydrogen (secondary N) is 1. The van der Waals surface area contributed by atoms with Gasteiger partial charge in [-0.05, 0) is 31.3 Å². The quantitative estimate of drug-likeness (QED) is 0.753. The number of halogens is 1. The van der Waals surface area contributed by atoms with E-state index in [-0.39, 0.29) is 5.91 Å². The van der Waals surface area contributed by atoms with Crippen molar-refractivity contribution in [2.24, 2.45) is 0 Å². The number of carbonyl (C=O) groups is 1. The molecule has 0 spiro atoms. The summed E-state index contributed by atoms with van der Waals surface area (Å²) in [6.45, 7) is 1.37. The van der Waals surface area contributed by atoms with Crippen LogP contribution < -0.4 is 5.32 Å². The monoisotopic (exact) mass is 344 g/mol. The van der Waals surface area contributed by atoms with E-state index in [9.17, 15) is 9.90 Å². The van der Waals surface area contributed by atoms with Gasteiger partial charge in [-0.15, -0.1) is 0 Å². The first-order valence-electron chi connectivity index (χ1n) is 6.42. The van der Waals surface area contributed by atoms with Crippen molar-refractivity contribution in [1.82, 2.24) is 4.90 Å². The number of methoxy groups -OCH3 is 1. The summed E-state index contributed by atoms with van der Waals surface area (Å²) in [5.41, 5.74) is 0.778. The second-order valence-electron chi connectivity index (χ2n) is 4.68. The fourth-order valence-corrected chi connectivity index (χ4v) is 2.01. The van der Waals surface area contributed by atoms with Crippen LogP contribution in [0.4, 0.5) is 5.69 Å². The lowest BCUT2D eigenvalue weighted by Crippen LogP contribution is -2.33. The van der Waals surface area contributed by atoms with E-state index >= 15 is 0 Å². The standard InChI is InChI=1S/C14H21BrN2O3/c1-17(9-13(18)10-20-2)8-7-14(19)16-12-5-3-11(15)4-6-12/h3-6,13,18H,7-10H2,1-2H3,(H,16,19). The zero-order valence-corrected chi connectivity index (χ0v) is 13.4. The van der Waals surface area contributed by atoms with Gasteiger partial charge in [-0.3, -0.25) is 4.79 Å². The van der Waals surface area contributed by atoms with Crippen molar-refractivity contribution in [3.63, 3.8) is 0 Å². The molecule has 0 aliphatic carbocycles. The topological polar surface area (TPSA) is 61.8 Å². The number of aliphatic hydroxyl groups is 1. The minimum atomic E-state index is -0.528. The summed E-state index contributed by atoms with van der Waals surface area (Å²) >= 11 is 3.34. The van der Waals surface area contributed by atoms with Crippen molar-refractivity contribution in [2.45, 2.75) is 12.5 Å². The Kier molecular flexibility index (Phi) is 7.76. The van der Waals surface area contributed by atoms with Crippen LogP contribution >= 0.6 is 15.9 Å². The Bertz CT molecular complexity index is 411. The van der Waals surface area contributed by atoms with Crippen molar-refractivity contribution in [2.75, 3.05) is 39.2 Å². The maximum atomic E-state index is 11.8. The fourth-order valence-electron chi connectivity index (χ4n) is 1.75. The summed E-state index contributed by atoms with van der Waals surface area (Å²) in [5.74, 6) is -0.0413. The zero-order valence-electron chi connectivity index (χ0n) is 11.8. The maximum Gasteiger partial charge on any atom is 0.225 e. The number of amides is 1. The first-order valence-corrected chi connectivity index (χ1v) is 7.21. The van der Waals surface area contributed by atoms with Gasteiger partial charge in [-0.25, -0.2) is 0 Å². The van der Waals surface area contributed by atoms with Crippen molar-refractivity contribution < 1.29 is 14.6 Å². The molecule has 0 aromatic heterocycles. The average Bonchev–Trinajstić information content (AvgIpc) is 2.39. The molecule has 0 saturated carbocycles. The molecule has 1 rings (SSSR count). The molecule has 0 aliphatic heterocycles. The Hall–Kier alpha value is -0.950. The summed E-state index contributed by atoms with van der Waals surface area (Å²) in [6.07, 6.45) is -0.147. The number of nitrogens with zero attached hydrogens (tertiary/aromatic N) is 1. The normalized spacial score (nSPS) is 12.4. The second-order valence-corrected chi connectivity index (χ2v) is 5.59. The molecule has 0 saturated heterocycles. The molecule has 0 heterocycles. The lowest BCUT2D eigenvalue weighted by atomic mass is 10.3. The van der Waals surface area contributed by atoms with Crippen LogP contribution in [0, 0.1) is 0 Å². The third-order valence-electron chi connectivity index (χ3n) is 2.73. The average molecular weight is 345 g/mol. The van der Waals surface area contributed by atoms with Crippen LogP contribution in [-0.2, 0) is 9.53 Å². The van der Waals surface area contributed by atoms with E-state index < -0.39 is 6.10 Å². The molecule has 1 amide bonds. The highest BCUT2D eigenvalue weighted by atomic mass is 79.9. The lowest BCUT2D eigenvalue weighted by Gasteiger charge is -2.19. The van der Waals surface area contributed by atoms with Crippen molar-refractivity contribution >= 4 is 27.5 Å². The van der Waals surface area contributed by atoms with Crippen LogP contribution in [0.2, 0.25) is 0 Å². The molecular formula is C14H21BrN2O3. The summed E-state index contributed by atoms with van der Waals surface area (Å²) in [6, 6.07) is 7.44. The summed E-state index contributed by atoms with van der Waals surface area (Å²) in [4.78, 5) is 13.7. The third kappa shape index (κ3) is 7.00. The van der Waals surface area contributed by atoms with Crippen LogP contribution in [0.15, 0.2) is 28.7 Å². The summed E-state index contributed by atoms with van der Waals surface area (Å²) < 4.78 is 5.83. The van der Waals surface area contributed by atoms with Gasteiger partial charge in [0.15, 0.2) is 0 Å². The largest absolute Gasteiger partial charge is 0.389 e. The number of likely N-dealkylation sites (N-methyl/N-ethyl adjacent to an activating group) is 1. The highest BCUT2D eigenvalue weighted by Crippen LogP contribution is 2.14. The molecule has 112 valence electrons. The molecule has 2 N–H and O–H groups in total. The molecule has 0 bridgehead atoms. The van der Waals surface area contributed by atoms with E-state index in [1.165, 1.54) is 0 Å². The van der Waals surface area contributed by atoms with Gasteiger partial charge < -0.3 is 20.1 Å². The first kappa shape index (κ1) is 17.1. The molecule has 1 unspecified atom stereocenters. The van der Waals surface area contributed by atoms with Gasteiger partial charge in [-0.1, -0.05) is 15.9 Å². The van der Waals surface area contributed by atoms with Crippen LogP contribution in [0.1, 0.15) is 6.42 Å². The summed E-state index contributed by atoms with van der Waals surface area (Å²) in [7, 11) is 3.42. The van der Waals surface area contributed by atoms with Crippen LogP contribution in [-0.4, -0.2) is 55.9 Å². The molecule has 0 fully saturated rings. The molecule has 5 nitrogen and oxygen atoms in total. The number of carbonyl (C=O) groups excluding carboxylic acids is 1. The molecule has 1 aromatic carbocycles. The number of rotatable bonds is 8. The van der Waals surface area contributed by atoms with E-state index in [2.05, 4.69) is 21.2 Å². The first-order chi connectivity index (χ1) is 9.51. The van der Waals surface area contributed by atoms with Gasteiger partial charge in [0.05, 0.1) is 12.7 Å². The number of benzene rings is 1. The van der Waals surface area contributed by atoms with E-state index in [4.69, 9.17) is 4.74 Å². The molecule has 0 radical (unpaired) electrons. The Balaban J connectivity index is 2.27. The van der Waals surface area contributed by atoms with E-state index in [1.807, 2.05) is 36.2 Å². The van der Waals surface area contributed by atoms with Gasteiger partial charge in [0.25, 0.3) is 0 Å². The zero-order chi connectivity index (χ0) is 15.0. The van der Waals surface area contributed by atoms with Crippen LogP contribution in [0.25, 0.3) is 0 Å². The van der Waals surface area contributed by atoms with Crippen LogP contribution in [0.5, 0.6) is 0 Å². The van der Waals surface area contributed by atoms with Crippen LogP contribution in [0.3, 0.4) is 0 Å². The highest BCUT2D eigenvalue weighted by molar-refractivity contribution is 9.10. The summed E-state index contributed by atoms with van der Waals surface area (Å²) in [5, 5.41) is 12.4. The highest BCUT2D eigenvalue weighted by Gasteiger charge is 2.09. The molecule has 1 atom stereocenters. The predicted molar refractivity (Wildman–Crippen MR) is 82.8 cm³/mol. The van der Waals surface area contributed by atoms with Gasteiger partial charge >= 0.3 is 0 Å². The molecule has 6 heteroatoms. The van der Waals surface area contributed by atoms with E-state index in [0.29, 0.717) is 26.1 Å². The smallest absolute Gasteiger partial charge is 0.225 e. The minimum Gasteiger partial charge on any atom is -0.389 e. The van der Waals surface area contributed by atoms with Crippen molar-refractivity contribution in [1.29, 1.82) is 0 Å². The number of hydrogen-bond acceptors (Lipinski definition) is 4. The maximum absolute atomic E-state index is 11.8. The lowest BCUT2D eigenvalue weighted by molar-refractivity contribution is -0.116. The predicted octanol–water partition coefficient (Wildman–Crippen LogP) is 1.72.